The number of aromatic nitrogens is 1. The van der Waals surface area contributed by atoms with Crippen molar-refractivity contribution in [1.82, 2.24) is 10.3 Å². The highest BCUT2D eigenvalue weighted by atomic mass is 35.5. The molecule has 0 radical (unpaired) electrons. The van der Waals surface area contributed by atoms with Crippen LogP contribution in [0.15, 0.2) is 48.0 Å². The predicted molar refractivity (Wildman–Crippen MR) is 78.7 cm³/mol. The van der Waals surface area contributed by atoms with Crippen LogP contribution in [0.2, 0.25) is 0 Å². The van der Waals surface area contributed by atoms with Gasteiger partial charge in [-0.05, 0) is 12.1 Å². The number of hydrogen-bond donors (Lipinski definition) is 1. The molecule has 0 saturated carbocycles. The van der Waals surface area contributed by atoms with Crippen molar-refractivity contribution in [3.63, 3.8) is 0 Å². The Balaban J connectivity index is 2.90. The van der Waals surface area contributed by atoms with Gasteiger partial charge in [-0.1, -0.05) is 32.0 Å². The Morgan fingerprint density at radius 3 is 2.74 bits per heavy atom. The molecule has 0 aliphatic rings. The van der Waals surface area contributed by atoms with Gasteiger partial charge < -0.3 is 10.2 Å². The fourth-order valence-electron chi connectivity index (χ4n) is 1.28. The molecule has 0 atom stereocenters. The van der Waals surface area contributed by atoms with Crippen LogP contribution >= 0.6 is 11.6 Å². The van der Waals surface area contributed by atoms with Crippen LogP contribution in [-0.4, -0.2) is 17.9 Å². The van der Waals surface area contributed by atoms with Gasteiger partial charge >= 0.3 is 0 Å². The second kappa shape index (κ2) is 6.95. The van der Waals surface area contributed by atoms with Crippen molar-refractivity contribution in [1.29, 1.82) is 0 Å². The minimum absolute atomic E-state index is 0.104. The molecule has 0 unspecified atom stereocenters. The van der Waals surface area contributed by atoms with E-state index in [0.29, 0.717) is 5.70 Å². The molecule has 1 aromatic rings. The molecule has 1 N–H and O–H groups in total. The topological polar surface area (TPSA) is 45.2 Å². The molecule has 0 saturated heterocycles. The number of rotatable bonds is 5. The first-order valence-electron chi connectivity index (χ1n) is 5.92. The number of halogens is 1. The molecule has 1 amide bonds. The van der Waals surface area contributed by atoms with E-state index in [0.717, 1.165) is 5.69 Å². The molecule has 1 rings (SSSR count). The average molecular weight is 280 g/mol. The summed E-state index contributed by atoms with van der Waals surface area (Å²) in [6.07, 6.45) is 5.13. The summed E-state index contributed by atoms with van der Waals surface area (Å²) in [7, 11) is 1.85. The molecule has 0 aromatic carbocycles. The fraction of sp³-hybridized carbons (Fsp3) is 0.286. The van der Waals surface area contributed by atoms with Crippen molar-refractivity contribution in [3.05, 3.63) is 48.0 Å². The summed E-state index contributed by atoms with van der Waals surface area (Å²) < 4.78 is 0. The number of carbonyl (C=O) groups is 1. The van der Waals surface area contributed by atoms with Crippen LogP contribution in [0.4, 0.5) is 5.69 Å². The quantitative estimate of drug-likeness (QED) is 0.843. The van der Waals surface area contributed by atoms with Crippen LogP contribution in [0.3, 0.4) is 0 Å². The Morgan fingerprint density at radius 2 is 2.26 bits per heavy atom. The lowest BCUT2D eigenvalue weighted by atomic mass is 10.2. The maximum atomic E-state index is 11.7. The lowest BCUT2D eigenvalue weighted by molar-refractivity contribution is -0.123. The Hall–Kier alpha value is -1.81. The van der Waals surface area contributed by atoms with Gasteiger partial charge in [-0.3, -0.25) is 9.78 Å². The summed E-state index contributed by atoms with van der Waals surface area (Å²) in [4.78, 5) is 17.5. The number of allylic oxidation sites excluding steroid dienone is 1. The van der Waals surface area contributed by atoms with Crippen molar-refractivity contribution in [2.24, 2.45) is 5.92 Å². The molecule has 1 heterocycles. The van der Waals surface area contributed by atoms with Crippen molar-refractivity contribution in [2.75, 3.05) is 11.9 Å². The zero-order valence-electron chi connectivity index (χ0n) is 11.4. The molecule has 0 aliphatic heterocycles. The van der Waals surface area contributed by atoms with Crippen LogP contribution in [0.1, 0.15) is 13.8 Å². The SMILES string of the molecule is C=C(Cl)/C(=C\N(C)c1cccnc1)NC(=O)C(C)C. The first kappa shape index (κ1) is 15.2. The lowest BCUT2D eigenvalue weighted by Gasteiger charge is -2.17. The number of nitrogens with one attached hydrogen (secondary N) is 1. The van der Waals surface area contributed by atoms with Crippen molar-refractivity contribution in [3.8, 4) is 0 Å². The van der Waals surface area contributed by atoms with E-state index in [9.17, 15) is 4.79 Å². The van der Waals surface area contributed by atoms with Crippen LogP contribution in [0, 0.1) is 5.92 Å². The minimum Gasteiger partial charge on any atom is -0.348 e. The maximum Gasteiger partial charge on any atom is 0.227 e. The van der Waals surface area contributed by atoms with Crippen molar-refractivity contribution < 1.29 is 4.79 Å². The second-order valence-electron chi connectivity index (χ2n) is 4.41. The van der Waals surface area contributed by atoms with Gasteiger partial charge in [0.25, 0.3) is 0 Å². The summed E-state index contributed by atoms with van der Waals surface area (Å²) in [6.45, 7) is 7.28. The Kier molecular flexibility index (Phi) is 5.57. The predicted octanol–water partition coefficient (Wildman–Crippen LogP) is 2.88. The molecule has 19 heavy (non-hydrogen) atoms. The van der Waals surface area contributed by atoms with E-state index >= 15 is 0 Å². The van der Waals surface area contributed by atoms with Crippen molar-refractivity contribution >= 4 is 23.2 Å². The number of hydrogen-bond acceptors (Lipinski definition) is 3. The summed E-state index contributed by atoms with van der Waals surface area (Å²) in [5.41, 5.74) is 1.36. The standard InChI is InChI=1S/C14H18ClN3O/c1-10(2)14(19)17-13(11(3)15)9-18(4)12-6-5-7-16-8-12/h5-10H,3H2,1-2,4H3,(H,17,19)/b13-9+. The number of amides is 1. The number of anilines is 1. The normalized spacial score (nSPS) is 11.3. The molecule has 0 aliphatic carbocycles. The average Bonchev–Trinajstić information content (AvgIpc) is 2.38. The van der Waals surface area contributed by atoms with E-state index < -0.39 is 0 Å². The molecular formula is C14H18ClN3O. The van der Waals surface area contributed by atoms with E-state index in [1.807, 2.05) is 37.9 Å². The maximum absolute atomic E-state index is 11.7. The molecule has 1 aromatic heterocycles. The third-order valence-electron chi connectivity index (χ3n) is 2.45. The number of carbonyl (C=O) groups excluding carboxylic acids is 1. The Labute approximate surface area is 118 Å². The lowest BCUT2D eigenvalue weighted by Crippen LogP contribution is -2.28. The Bertz CT molecular complexity index is 483. The smallest absolute Gasteiger partial charge is 0.227 e. The Morgan fingerprint density at radius 1 is 1.58 bits per heavy atom. The minimum atomic E-state index is -0.122. The fourth-order valence-corrected chi connectivity index (χ4v) is 1.37. The van der Waals surface area contributed by atoms with Crippen LogP contribution in [0.25, 0.3) is 0 Å². The van der Waals surface area contributed by atoms with E-state index in [-0.39, 0.29) is 16.9 Å². The van der Waals surface area contributed by atoms with Gasteiger partial charge in [0.2, 0.25) is 5.91 Å². The molecule has 4 nitrogen and oxygen atoms in total. The van der Waals surface area contributed by atoms with Gasteiger partial charge in [-0.2, -0.15) is 0 Å². The van der Waals surface area contributed by atoms with Crippen LogP contribution < -0.4 is 10.2 Å². The first-order chi connectivity index (χ1) is 8.91. The van der Waals surface area contributed by atoms with Gasteiger partial charge in [0.15, 0.2) is 0 Å². The van der Waals surface area contributed by atoms with Gasteiger partial charge in [0.05, 0.1) is 22.6 Å². The van der Waals surface area contributed by atoms with Gasteiger partial charge in [0, 0.05) is 25.4 Å². The molecule has 0 spiro atoms. The van der Waals surface area contributed by atoms with E-state index in [4.69, 9.17) is 11.6 Å². The zero-order valence-corrected chi connectivity index (χ0v) is 12.1. The van der Waals surface area contributed by atoms with Gasteiger partial charge in [-0.25, -0.2) is 0 Å². The van der Waals surface area contributed by atoms with E-state index in [1.54, 1.807) is 18.6 Å². The molecule has 0 fully saturated rings. The van der Waals surface area contributed by atoms with E-state index in [1.165, 1.54) is 0 Å². The first-order valence-corrected chi connectivity index (χ1v) is 6.30. The largest absolute Gasteiger partial charge is 0.348 e. The molecule has 5 heteroatoms. The van der Waals surface area contributed by atoms with Gasteiger partial charge in [0.1, 0.15) is 0 Å². The molecule has 0 bridgehead atoms. The number of pyridine rings is 1. The highest BCUT2D eigenvalue weighted by Gasteiger charge is 2.11. The second-order valence-corrected chi connectivity index (χ2v) is 4.87. The van der Waals surface area contributed by atoms with Crippen LogP contribution in [-0.2, 0) is 4.79 Å². The number of nitrogens with zero attached hydrogens (tertiary/aromatic N) is 2. The van der Waals surface area contributed by atoms with Gasteiger partial charge in [-0.15, -0.1) is 0 Å². The van der Waals surface area contributed by atoms with Crippen molar-refractivity contribution in [2.45, 2.75) is 13.8 Å². The third kappa shape index (κ3) is 4.75. The van der Waals surface area contributed by atoms with Crippen LogP contribution in [0.5, 0.6) is 0 Å². The summed E-state index contributed by atoms with van der Waals surface area (Å²) in [6, 6.07) is 3.74. The van der Waals surface area contributed by atoms with E-state index in [2.05, 4.69) is 16.9 Å². The molecular weight excluding hydrogens is 262 g/mol. The highest BCUT2D eigenvalue weighted by Crippen LogP contribution is 2.15. The zero-order chi connectivity index (χ0) is 14.4. The summed E-state index contributed by atoms with van der Waals surface area (Å²) in [5, 5.41) is 3.03. The third-order valence-corrected chi connectivity index (χ3v) is 2.65. The monoisotopic (exact) mass is 279 g/mol. The summed E-state index contributed by atoms with van der Waals surface area (Å²) in [5.74, 6) is -0.226. The highest BCUT2D eigenvalue weighted by molar-refractivity contribution is 6.31. The summed E-state index contributed by atoms with van der Waals surface area (Å²) >= 11 is 5.90. The molecule has 102 valence electrons.